The molecule has 1 N–H and O–H groups in total. The van der Waals surface area contributed by atoms with E-state index in [2.05, 4.69) is 0 Å². The van der Waals surface area contributed by atoms with Crippen molar-refractivity contribution in [2.24, 2.45) is 0 Å². The molecule has 1 atom stereocenters. The molecule has 19 heavy (non-hydrogen) atoms. The van der Waals surface area contributed by atoms with Gasteiger partial charge in [0.15, 0.2) is 17.7 Å². The van der Waals surface area contributed by atoms with E-state index in [1.54, 1.807) is 13.0 Å². The summed E-state index contributed by atoms with van der Waals surface area (Å²) in [5.74, 6) is -1.77. The first-order valence-corrected chi connectivity index (χ1v) is 5.80. The van der Waals surface area contributed by atoms with Crippen molar-refractivity contribution in [3.63, 3.8) is 0 Å². The van der Waals surface area contributed by atoms with Crippen molar-refractivity contribution in [3.05, 3.63) is 52.7 Å². The Kier molecular flexibility index (Phi) is 3.76. The Morgan fingerprint density at radius 3 is 2.79 bits per heavy atom. The monoisotopic (exact) mass is 284 g/mol. The van der Waals surface area contributed by atoms with E-state index >= 15 is 0 Å². The lowest BCUT2D eigenvalue weighted by atomic mass is 10.3. The molecule has 1 unspecified atom stereocenters. The first-order chi connectivity index (χ1) is 8.99. The molecular weight excluding hydrogens is 275 g/mol. The normalized spacial score (nSPS) is 12.2. The van der Waals surface area contributed by atoms with E-state index in [4.69, 9.17) is 25.9 Å². The smallest absolute Gasteiger partial charge is 0.371 e. The lowest BCUT2D eigenvalue weighted by Gasteiger charge is -2.13. The van der Waals surface area contributed by atoms with Crippen molar-refractivity contribution in [1.29, 1.82) is 0 Å². The van der Waals surface area contributed by atoms with Gasteiger partial charge in [-0.15, -0.1) is 0 Å². The second-order valence-corrected chi connectivity index (χ2v) is 4.23. The quantitative estimate of drug-likeness (QED) is 0.924. The Morgan fingerprint density at radius 1 is 1.42 bits per heavy atom. The van der Waals surface area contributed by atoms with Crippen molar-refractivity contribution < 1.29 is 23.4 Å². The van der Waals surface area contributed by atoms with Crippen LogP contribution in [0.5, 0.6) is 5.75 Å². The highest BCUT2D eigenvalue weighted by Gasteiger charge is 2.17. The second-order valence-electron chi connectivity index (χ2n) is 3.82. The van der Waals surface area contributed by atoms with E-state index in [0.717, 1.165) is 0 Å². The van der Waals surface area contributed by atoms with E-state index < -0.39 is 17.9 Å². The first kappa shape index (κ1) is 13.4. The molecule has 0 aliphatic rings. The molecule has 0 aliphatic carbocycles. The summed E-state index contributed by atoms with van der Waals surface area (Å²) in [6.45, 7) is 1.62. The molecule has 0 spiro atoms. The summed E-state index contributed by atoms with van der Waals surface area (Å²) >= 11 is 5.63. The minimum atomic E-state index is -1.17. The number of benzene rings is 1. The Balaban J connectivity index is 2.18. The van der Waals surface area contributed by atoms with Crippen LogP contribution in [-0.4, -0.2) is 11.1 Å². The van der Waals surface area contributed by atoms with Gasteiger partial charge in [-0.1, -0.05) is 17.7 Å². The molecule has 0 bridgehead atoms. The van der Waals surface area contributed by atoms with Crippen molar-refractivity contribution in [1.82, 2.24) is 0 Å². The number of aromatic carboxylic acids is 1. The second kappa shape index (κ2) is 5.32. The zero-order valence-corrected chi connectivity index (χ0v) is 10.6. The highest BCUT2D eigenvalue weighted by atomic mass is 35.5. The van der Waals surface area contributed by atoms with Crippen LogP contribution in [-0.2, 0) is 0 Å². The van der Waals surface area contributed by atoms with Crippen LogP contribution < -0.4 is 4.74 Å². The average Bonchev–Trinajstić information content (AvgIpc) is 2.84. The molecule has 2 rings (SSSR count). The van der Waals surface area contributed by atoms with E-state index in [-0.39, 0.29) is 22.3 Å². The van der Waals surface area contributed by atoms with Crippen LogP contribution >= 0.6 is 11.6 Å². The summed E-state index contributed by atoms with van der Waals surface area (Å²) in [6, 6.07) is 7.17. The molecule has 0 saturated carbocycles. The summed E-state index contributed by atoms with van der Waals surface area (Å²) in [7, 11) is 0. The lowest BCUT2D eigenvalue weighted by Crippen LogP contribution is -2.03. The Bertz CT molecular complexity index is 608. The SMILES string of the molecule is CC(Oc1cccc(Cl)c1F)c1ccc(C(=O)O)o1. The Hall–Kier alpha value is -2.01. The standard InChI is InChI=1S/C13H10ClFO4/c1-7(9-5-6-11(19-9)13(16)17)18-10-4-2-3-8(14)12(10)15/h2-7H,1H3,(H,16,17). The fourth-order valence-corrected chi connectivity index (χ4v) is 1.68. The van der Waals surface area contributed by atoms with Gasteiger partial charge in [-0.2, -0.15) is 0 Å². The fourth-order valence-electron chi connectivity index (χ4n) is 1.51. The summed E-state index contributed by atoms with van der Waals surface area (Å²) in [5.41, 5.74) is 0. The maximum atomic E-state index is 13.6. The molecule has 1 heterocycles. The number of carbonyl (C=O) groups is 1. The van der Waals surface area contributed by atoms with Crippen LogP contribution in [0.1, 0.15) is 29.3 Å². The predicted molar refractivity (Wildman–Crippen MR) is 66.1 cm³/mol. The number of hydrogen-bond donors (Lipinski definition) is 1. The van der Waals surface area contributed by atoms with Crippen molar-refractivity contribution in [3.8, 4) is 5.75 Å². The van der Waals surface area contributed by atoms with E-state index in [1.165, 1.54) is 24.3 Å². The molecule has 0 radical (unpaired) electrons. The summed E-state index contributed by atoms with van der Waals surface area (Å²) in [6.07, 6.45) is -0.638. The van der Waals surface area contributed by atoms with Gasteiger partial charge in [-0.05, 0) is 31.2 Å². The molecule has 0 aliphatic heterocycles. The highest BCUT2D eigenvalue weighted by Crippen LogP contribution is 2.29. The largest absolute Gasteiger partial charge is 0.480 e. The Labute approximate surface area is 113 Å². The minimum Gasteiger partial charge on any atom is -0.480 e. The Morgan fingerprint density at radius 2 is 2.16 bits per heavy atom. The molecule has 100 valence electrons. The van der Waals surface area contributed by atoms with Crippen molar-refractivity contribution in [2.75, 3.05) is 0 Å². The molecule has 1 aromatic carbocycles. The van der Waals surface area contributed by atoms with E-state index in [0.29, 0.717) is 0 Å². The van der Waals surface area contributed by atoms with Gasteiger partial charge < -0.3 is 14.3 Å². The number of furan rings is 1. The van der Waals surface area contributed by atoms with Crippen LogP contribution in [0.15, 0.2) is 34.7 Å². The van der Waals surface area contributed by atoms with Crippen LogP contribution in [0.25, 0.3) is 0 Å². The molecule has 1 aromatic heterocycles. The van der Waals surface area contributed by atoms with Crippen LogP contribution in [0.3, 0.4) is 0 Å². The average molecular weight is 285 g/mol. The number of carboxylic acids is 1. The molecule has 0 fully saturated rings. The molecule has 0 amide bonds. The van der Waals surface area contributed by atoms with Gasteiger partial charge in [-0.25, -0.2) is 9.18 Å². The number of halogens is 2. The zero-order valence-electron chi connectivity index (χ0n) is 9.89. The minimum absolute atomic E-state index is 0.0201. The fraction of sp³-hybridized carbons (Fsp3) is 0.154. The van der Waals surface area contributed by atoms with Gasteiger partial charge in [0.2, 0.25) is 5.76 Å². The molecular formula is C13H10ClFO4. The van der Waals surface area contributed by atoms with Gasteiger partial charge in [-0.3, -0.25) is 0 Å². The topological polar surface area (TPSA) is 59.7 Å². The van der Waals surface area contributed by atoms with E-state index in [9.17, 15) is 9.18 Å². The number of hydrogen-bond acceptors (Lipinski definition) is 3. The molecule has 4 nitrogen and oxygen atoms in total. The lowest BCUT2D eigenvalue weighted by molar-refractivity contribution is 0.0655. The molecule has 6 heteroatoms. The first-order valence-electron chi connectivity index (χ1n) is 5.42. The maximum absolute atomic E-state index is 13.6. The maximum Gasteiger partial charge on any atom is 0.371 e. The van der Waals surface area contributed by atoms with Gasteiger partial charge in [0.25, 0.3) is 0 Å². The van der Waals surface area contributed by atoms with Gasteiger partial charge >= 0.3 is 5.97 Å². The van der Waals surface area contributed by atoms with Crippen LogP contribution in [0.2, 0.25) is 5.02 Å². The van der Waals surface area contributed by atoms with E-state index in [1.807, 2.05) is 0 Å². The van der Waals surface area contributed by atoms with Gasteiger partial charge in [0.1, 0.15) is 5.76 Å². The highest BCUT2D eigenvalue weighted by molar-refractivity contribution is 6.30. The third-order valence-electron chi connectivity index (χ3n) is 2.46. The zero-order chi connectivity index (χ0) is 14.0. The van der Waals surface area contributed by atoms with Crippen LogP contribution in [0, 0.1) is 5.82 Å². The molecule has 0 saturated heterocycles. The third kappa shape index (κ3) is 2.88. The number of rotatable bonds is 4. The summed E-state index contributed by atoms with van der Waals surface area (Å²) < 4.78 is 24.1. The molecule has 2 aromatic rings. The van der Waals surface area contributed by atoms with Gasteiger partial charge in [0, 0.05) is 0 Å². The third-order valence-corrected chi connectivity index (χ3v) is 2.75. The van der Waals surface area contributed by atoms with Crippen molar-refractivity contribution in [2.45, 2.75) is 13.0 Å². The van der Waals surface area contributed by atoms with Crippen molar-refractivity contribution >= 4 is 17.6 Å². The number of carboxylic acid groups (broad SMARTS) is 1. The van der Waals surface area contributed by atoms with Gasteiger partial charge in [0.05, 0.1) is 5.02 Å². The number of ether oxygens (including phenoxy) is 1. The van der Waals surface area contributed by atoms with Crippen LogP contribution in [0.4, 0.5) is 4.39 Å². The summed E-state index contributed by atoms with van der Waals surface area (Å²) in [4.78, 5) is 10.7. The summed E-state index contributed by atoms with van der Waals surface area (Å²) in [5, 5.41) is 8.69. The predicted octanol–water partition coefficient (Wildman–Crippen LogP) is 3.91.